The molecule has 1 aliphatic rings. The average molecular weight is 375 g/mol. The Morgan fingerprint density at radius 2 is 1.35 bits per heavy atom. The third-order valence-corrected chi connectivity index (χ3v) is 5.32. The van der Waals surface area contributed by atoms with Crippen LogP contribution >= 0.6 is 0 Å². The van der Waals surface area contributed by atoms with E-state index in [9.17, 15) is 15.3 Å². The number of ether oxygens (including phenoxy) is 2. The van der Waals surface area contributed by atoms with Gasteiger partial charge in [-0.1, -0.05) is 84.0 Å². The second kappa shape index (κ2) is 15.8. The molecule has 0 saturated carbocycles. The van der Waals surface area contributed by atoms with Crippen LogP contribution in [-0.4, -0.2) is 59.6 Å². The summed E-state index contributed by atoms with van der Waals surface area (Å²) in [5.41, 5.74) is 0. The van der Waals surface area contributed by atoms with Gasteiger partial charge in [-0.3, -0.25) is 0 Å². The highest BCUT2D eigenvalue weighted by Crippen LogP contribution is 2.20. The highest BCUT2D eigenvalue weighted by atomic mass is 16.6. The van der Waals surface area contributed by atoms with Crippen LogP contribution in [0.5, 0.6) is 0 Å². The second-order valence-electron chi connectivity index (χ2n) is 7.69. The SMILES string of the molecule is CCCCCCCCCCCCCCCO[C@@H](CO)[C@H]1OC[C@@H](O)[C@H]1O. The molecule has 1 saturated heterocycles. The van der Waals surface area contributed by atoms with Gasteiger partial charge in [0, 0.05) is 6.61 Å². The van der Waals surface area contributed by atoms with Gasteiger partial charge in [0.1, 0.15) is 24.4 Å². The summed E-state index contributed by atoms with van der Waals surface area (Å²) >= 11 is 0. The smallest absolute Gasteiger partial charge is 0.114 e. The molecule has 156 valence electrons. The van der Waals surface area contributed by atoms with Crippen LogP contribution in [0.25, 0.3) is 0 Å². The van der Waals surface area contributed by atoms with Gasteiger partial charge in [-0.05, 0) is 6.42 Å². The van der Waals surface area contributed by atoms with Crippen LogP contribution in [0.4, 0.5) is 0 Å². The standard InChI is InChI=1S/C21H42O5/c1-2-3-4-5-6-7-8-9-10-11-12-13-14-15-25-19(16-22)21-20(24)18(23)17-26-21/h18-24H,2-17H2,1H3/t18-,19+,20-,21-/m1/s1. The van der Waals surface area contributed by atoms with E-state index in [4.69, 9.17) is 9.47 Å². The maximum Gasteiger partial charge on any atom is 0.114 e. The fourth-order valence-corrected chi connectivity index (χ4v) is 3.56. The quantitative estimate of drug-likeness (QED) is 0.339. The third kappa shape index (κ3) is 10.2. The number of rotatable bonds is 17. The van der Waals surface area contributed by atoms with Gasteiger partial charge >= 0.3 is 0 Å². The predicted octanol–water partition coefficient (Wildman–Crippen LogP) is 3.58. The molecule has 4 atom stereocenters. The monoisotopic (exact) mass is 374 g/mol. The molecule has 1 aliphatic heterocycles. The summed E-state index contributed by atoms with van der Waals surface area (Å²) in [7, 11) is 0. The first-order valence-electron chi connectivity index (χ1n) is 10.9. The zero-order chi connectivity index (χ0) is 19.0. The predicted molar refractivity (Wildman–Crippen MR) is 104 cm³/mol. The molecule has 0 radical (unpaired) electrons. The van der Waals surface area contributed by atoms with Gasteiger partial charge in [-0.2, -0.15) is 0 Å². The number of aliphatic hydroxyl groups is 3. The molecular formula is C21H42O5. The van der Waals surface area contributed by atoms with Crippen LogP contribution in [0.15, 0.2) is 0 Å². The van der Waals surface area contributed by atoms with Crippen LogP contribution in [0.2, 0.25) is 0 Å². The highest BCUT2D eigenvalue weighted by molar-refractivity contribution is 4.88. The summed E-state index contributed by atoms with van der Waals surface area (Å²) in [6.45, 7) is 2.72. The Labute approximate surface area is 160 Å². The van der Waals surface area contributed by atoms with E-state index >= 15 is 0 Å². The maximum absolute atomic E-state index is 9.81. The summed E-state index contributed by atoms with van der Waals surface area (Å²) in [6.07, 6.45) is 13.9. The van der Waals surface area contributed by atoms with Crippen molar-refractivity contribution >= 4 is 0 Å². The molecule has 26 heavy (non-hydrogen) atoms. The number of unbranched alkanes of at least 4 members (excludes halogenated alkanes) is 12. The van der Waals surface area contributed by atoms with Crippen molar-refractivity contribution in [3.63, 3.8) is 0 Å². The van der Waals surface area contributed by atoms with Crippen molar-refractivity contribution in [2.45, 2.75) is 115 Å². The van der Waals surface area contributed by atoms with Crippen molar-refractivity contribution in [2.75, 3.05) is 19.8 Å². The molecule has 0 aromatic heterocycles. The topological polar surface area (TPSA) is 79.2 Å². The molecule has 0 aromatic carbocycles. The summed E-state index contributed by atoms with van der Waals surface area (Å²) in [5, 5.41) is 28.7. The van der Waals surface area contributed by atoms with Gasteiger partial charge < -0.3 is 24.8 Å². The average Bonchev–Trinajstić information content (AvgIpc) is 2.98. The molecule has 1 fully saturated rings. The van der Waals surface area contributed by atoms with E-state index in [1.165, 1.54) is 70.6 Å². The van der Waals surface area contributed by atoms with Gasteiger partial charge in [-0.15, -0.1) is 0 Å². The lowest BCUT2D eigenvalue weighted by atomic mass is 10.0. The van der Waals surface area contributed by atoms with E-state index in [0.29, 0.717) is 6.61 Å². The Balaban J connectivity index is 1.87. The molecule has 1 rings (SSSR count). The Bertz CT molecular complexity index is 313. The molecule has 5 heteroatoms. The minimum atomic E-state index is -0.973. The zero-order valence-electron chi connectivity index (χ0n) is 16.8. The van der Waals surface area contributed by atoms with Crippen LogP contribution in [0.1, 0.15) is 90.4 Å². The van der Waals surface area contributed by atoms with Crippen molar-refractivity contribution in [2.24, 2.45) is 0 Å². The van der Waals surface area contributed by atoms with Gasteiger partial charge in [-0.25, -0.2) is 0 Å². The van der Waals surface area contributed by atoms with E-state index in [1.807, 2.05) is 0 Å². The third-order valence-electron chi connectivity index (χ3n) is 5.32. The van der Waals surface area contributed by atoms with E-state index in [-0.39, 0.29) is 13.2 Å². The van der Waals surface area contributed by atoms with Crippen LogP contribution in [0.3, 0.4) is 0 Å². The van der Waals surface area contributed by atoms with Crippen LogP contribution in [0, 0.1) is 0 Å². The summed E-state index contributed by atoms with van der Waals surface area (Å²) in [5.74, 6) is 0. The van der Waals surface area contributed by atoms with Gasteiger partial charge in [0.25, 0.3) is 0 Å². The van der Waals surface area contributed by atoms with Crippen LogP contribution in [-0.2, 0) is 9.47 Å². The summed E-state index contributed by atoms with van der Waals surface area (Å²) in [6, 6.07) is 0. The van der Waals surface area contributed by atoms with Crippen LogP contribution < -0.4 is 0 Å². The van der Waals surface area contributed by atoms with Crippen molar-refractivity contribution < 1.29 is 24.8 Å². The Morgan fingerprint density at radius 3 is 1.77 bits per heavy atom. The number of aliphatic hydroxyl groups excluding tert-OH is 3. The fourth-order valence-electron chi connectivity index (χ4n) is 3.56. The lowest BCUT2D eigenvalue weighted by molar-refractivity contribution is -0.101. The van der Waals surface area contributed by atoms with Crippen molar-refractivity contribution in [1.82, 2.24) is 0 Å². The Kier molecular flexibility index (Phi) is 14.5. The van der Waals surface area contributed by atoms with Gasteiger partial charge in [0.05, 0.1) is 13.2 Å². The maximum atomic E-state index is 9.81. The molecule has 0 spiro atoms. The minimum absolute atomic E-state index is 0.102. The lowest BCUT2D eigenvalue weighted by Crippen LogP contribution is -2.42. The summed E-state index contributed by atoms with van der Waals surface area (Å²) in [4.78, 5) is 0. The first-order valence-corrected chi connectivity index (χ1v) is 10.9. The molecule has 0 unspecified atom stereocenters. The first-order chi connectivity index (χ1) is 12.7. The molecule has 0 amide bonds. The molecule has 0 bridgehead atoms. The Hall–Kier alpha value is -0.200. The van der Waals surface area contributed by atoms with Crippen molar-refractivity contribution in [3.05, 3.63) is 0 Å². The number of hydrogen-bond donors (Lipinski definition) is 3. The normalized spacial score (nSPS) is 24.2. The van der Waals surface area contributed by atoms with Crippen molar-refractivity contribution in [1.29, 1.82) is 0 Å². The van der Waals surface area contributed by atoms with Gasteiger partial charge in [0.2, 0.25) is 0 Å². The van der Waals surface area contributed by atoms with E-state index in [2.05, 4.69) is 6.92 Å². The highest BCUT2D eigenvalue weighted by Gasteiger charge is 2.40. The van der Waals surface area contributed by atoms with E-state index in [0.717, 1.165) is 12.8 Å². The second-order valence-corrected chi connectivity index (χ2v) is 7.69. The molecule has 0 aromatic rings. The minimum Gasteiger partial charge on any atom is -0.394 e. The molecule has 0 aliphatic carbocycles. The first kappa shape index (κ1) is 23.8. The summed E-state index contributed by atoms with van der Waals surface area (Å²) < 4.78 is 11.0. The molecular weight excluding hydrogens is 332 g/mol. The lowest BCUT2D eigenvalue weighted by Gasteiger charge is -2.24. The molecule has 1 heterocycles. The number of hydrogen-bond acceptors (Lipinski definition) is 5. The largest absolute Gasteiger partial charge is 0.394 e. The fraction of sp³-hybridized carbons (Fsp3) is 1.00. The van der Waals surface area contributed by atoms with Gasteiger partial charge in [0.15, 0.2) is 0 Å². The van der Waals surface area contributed by atoms with E-state index in [1.54, 1.807) is 0 Å². The van der Waals surface area contributed by atoms with E-state index < -0.39 is 24.4 Å². The molecule has 5 nitrogen and oxygen atoms in total. The Morgan fingerprint density at radius 1 is 0.846 bits per heavy atom. The molecule has 3 N–H and O–H groups in total. The van der Waals surface area contributed by atoms with Crippen molar-refractivity contribution in [3.8, 4) is 0 Å². The zero-order valence-corrected chi connectivity index (χ0v) is 16.8.